The Bertz CT molecular complexity index is 977. The Balaban J connectivity index is 1.61. The third-order valence-electron chi connectivity index (χ3n) is 4.94. The summed E-state index contributed by atoms with van der Waals surface area (Å²) in [4.78, 5) is 12.9. The van der Waals surface area contributed by atoms with E-state index in [-0.39, 0.29) is 29.4 Å². The first-order valence-electron chi connectivity index (χ1n) is 10.0. The van der Waals surface area contributed by atoms with Crippen LogP contribution >= 0.6 is 11.6 Å². The van der Waals surface area contributed by atoms with Gasteiger partial charge in [-0.1, -0.05) is 23.7 Å². The van der Waals surface area contributed by atoms with Crippen molar-refractivity contribution in [1.82, 2.24) is 9.62 Å². The number of halogens is 1. The molecule has 1 atom stereocenters. The summed E-state index contributed by atoms with van der Waals surface area (Å²) >= 11 is 5.86. The molecule has 1 saturated heterocycles. The Morgan fingerprint density at radius 1 is 1.23 bits per heavy atom. The van der Waals surface area contributed by atoms with Crippen molar-refractivity contribution in [3.8, 4) is 5.75 Å². The fourth-order valence-electron chi connectivity index (χ4n) is 3.46. The maximum atomic E-state index is 12.9. The second kappa shape index (κ2) is 9.81. The van der Waals surface area contributed by atoms with Crippen LogP contribution < -0.4 is 10.1 Å². The molecule has 30 heavy (non-hydrogen) atoms. The average molecular weight is 451 g/mol. The minimum absolute atomic E-state index is 0.0747. The number of rotatable bonds is 7. The zero-order chi connectivity index (χ0) is 21.7. The van der Waals surface area contributed by atoms with Crippen LogP contribution in [0.15, 0.2) is 53.4 Å². The van der Waals surface area contributed by atoms with Gasteiger partial charge >= 0.3 is 0 Å². The van der Waals surface area contributed by atoms with Crippen molar-refractivity contribution in [3.05, 3.63) is 59.1 Å². The monoisotopic (exact) mass is 450 g/mol. The van der Waals surface area contributed by atoms with Gasteiger partial charge in [0.05, 0.1) is 16.9 Å². The van der Waals surface area contributed by atoms with E-state index in [9.17, 15) is 13.2 Å². The van der Waals surface area contributed by atoms with E-state index in [0.29, 0.717) is 31.0 Å². The molecule has 1 N–H and O–H groups in total. The third-order valence-corrected chi connectivity index (χ3v) is 7.07. The lowest BCUT2D eigenvalue weighted by atomic mass is 9.99. The maximum absolute atomic E-state index is 12.9. The number of carbonyl (C=O) groups is 1. The van der Waals surface area contributed by atoms with Crippen LogP contribution in [0.4, 0.5) is 0 Å². The molecule has 3 rings (SSSR count). The van der Waals surface area contributed by atoms with Crippen LogP contribution in [0.5, 0.6) is 5.75 Å². The molecular weight excluding hydrogens is 424 g/mol. The number of sulfonamides is 1. The first-order valence-corrected chi connectivity index (χ1v) is 11.9. The van der Waals surface area contributed by atoms with Crippen LogP contribution in [0.25, 0.3) is 0 Å². The first kappa shape index (κ1) is 22.6. The van der Waals surface area contributed by atoms with Gasteiger partial charge in [-0.25, -0.2) is 8.42 Å². The highest BCUT2D eigenvalue weighted by atomic mass is 35.5. The van der Waals surface area contributed by atoms with E-state index in [1.165, 1.54) is 16.4 Å². The number of hydrogen-bond donors (Lipinski definition) is 1. The number of amides is 1. The molecule has 0 aromatic heterocycles. The molecule has 0 saturated carbocycles. The summed E-state index contributed by atoms with van der Waals surface area (Å²) in [7, 11) is -3.65. The highest BCUT2D eigenvalue weighted by Gasteiger charge is 2.33. The lowest BCUT2D eigenvalue weighted by molar-refractivity contribution is -0.126. The van der Waals surface area contributed by atoms with Crippen molar-refractivity contribution < 1.29 is 17.9 Å². The van der Waals surface area contributed by atoms with Crippen LogP contribution in [0, 0.1) is 5.92 Å². The SMILES string of the molecule is CC(C)Oc1cccc(CNC(=O)C2CCCN(S(=O)(=O)c3ccc(Cl)cc3)C2)c1. The molecule has 1 amide bonds. The van der Waals surface area contributed by atoms with Gasteiger partial charge in [-0.3, -0.25) is 4.79 Å². The van der Waals surface area contributed by atoms with E-state index in [4.69, 9.17) is 16.3 Å². The standard InChI is InChI=1S/C22H27ClN2O4S/c1-16(2)29-20-7-3-5-17(13-20)14-24-22(26)18-6-4-12-25(15-18)30(27,28)21-10-8-19(23)9-11-21/h3,5,7-11,13,16,18H,4,6,12,14-15H2,1-2H3,(H,24,26). The molecule has 162 valence electrons. The number of piperidine rings is 1. The van der Waals surface area contributed by atoms with Gasteiger partial charge in [0, 0.05) is 24.7 Å². The molecule has 1 aliphatic rings. The normalized spacial score (nSPS) is 17.7. The minimum atomic E-state index is -3.65. The zero-order valence-electron chi connectivity index (χ0n) is 17.2. The molecule has 0 spiro atoms. The van der Waals surface area contributed by atoms with E-state index >= 15 is 0 Å². The van der Waals surface area contributed by atoms with Crippen LogP contribution in [0.3, 0.4) is 0 Å². The van der Waals surface area contributed by atoms with Crippen LogP contribution in [0.2, 0.25) is 5.02 Å². The molecule has 8 heteroatoms. The molecule has 0 aliphatic carbocycles. The molecule has 1 heterocycles. The highest BCUT2D eigenvalue weighted by Crippen LogP contribution is 2.25. The lowest BCUT2D eigenvalue weighted by Crippen LogP contribution is -2.45. The Labute approximate surface area is 183 Å². The van der Waals surface area contributed by atoms with Gasteiger partial charge in [0.1, 0.15) is 5.75 Å². The second-order valence-corrected chi connectivity index (χ2v) is 10.1. The fraction of sp³-hybridized carbons (Fsp3) is 0.409. The average Bonchev–Trinajstić information content (AvgIpc) is 2.72. The van der Waals surface area contributed by atoms with Crippen LogP contribution in [0.1, 0.15) is 32.3 Å². The Morgan fingerprint density at radius 2 is 1.97 bits per heavy atom. The molecule has 2 aromatic rings. The maximum Gasteiger partial charge on any atom is 0.243 e. The molecule has 1 unspecified atom stereocenters. The van der Waals surface area contributed by atoms with Crippen LogP contribution in [-0.4, -0.2) is 37.8 Å². The van der Waals surface area contributed by atoms with Gasteiger partial charge < -0.3 is 10.1 Å². The number of ether oxygens (including phenoxy) is 1. The summed E-state index contributed by atoms with van der Waals surface area (Å²) in [5.74, 6) is 0.242. The third kappa shape index (κ3) is 5.74. The number of nitrogens with one attached hydrogen (secondary N) is 1. The number of benzene rings is 2. The van der Waals surface area contributed by atoms with Crippen molar-refractivity contribution in [2.75, 3.05) is 13.1 Å². The van der Waals surface area contributed by atoms with Crippen molar-refractivity contribution in [3.63, 3.8) is 0 Å². The van der Waals surface area contributed by atoms with Gasteiger partial charge in [0.25, 0.3) is 0 Å². The van der Waals surface area contributed by atoms with Gasteiger partial charge in [0.15, 0.2) is 0 Å². The number of carbonyl (C=O) groups excluding carboxylic acids is 1. The number of nitrogens with zero attached hydrogens (tertiary/aromatic N) is 1. The molecular formula is C22H27ClN2O4S. The Morgan fingerprint density at radius 3 is 2.67 bits per heavy atom. The highest BCUT2D eigenvalue weighted by molar-refractivity contribution is 7.89. The summed E-state index contributed by atoms with van der Waals surface area (Å²) in [6.45, 7) is 4.87. The van der Waals surface area contributed by atoms with Crippen molar-refractivity contribution in [2.24, 2.45) is 5.92 Å². The van der Waals surface area contributed by atoms with Crippen LogP contribution in [-0.2, 0) is 21.4 Å². The predicted molar refractivity (Wildman–Crippen MR) is 117 cm³/mol. The summed E-state index contributed by atoms with van der Waals surface area (Å²) in [5.41, 5.74) is 0.933. The molecule has 1 aliphatic heterocycles. The number of hydrogen-bond acceptors (Lipinski definition) is 4. The Kier molecular flexibility index (Phi) is 7.39. The van der Waals surface area contributed by atoms with Crippen molar-refractivity contribution in [1.29, 1.82) is 0 Å². The van der Waals surface area contributed by atoms with Crippen molar-refractivity contribution >= 4 is 27.5 Å². The van der Waals surface area contributed by atoms with E-state index in [1.807, 2.05) is 38.1 Å². The molecule has 0 radical (unpaired) electrons. The van der Waals surface area contributed by atoms with E-state index in [1.54, 1.807) is 12.1 Å². The second-order valence-electron chi connectivity index (χ2n) is 7.69. The quantitative estimate of drug-likeness (QED) is 0.695. The smallest absolute Gasteiger partial charge is 0.243 e. The van der Waals surface area contributed by atoms with E-state index in [2.05, 4.69) is 5.32 Å². The van der Waals surface area contributed by atoms with Crippen molar-refractivity contribution in [2.45, 2.75) is 44.2 Å². The zero-order valence-corrected chi connectivity index (χ0v) is 18.7. The topological polar surface area (TPSA) is 75.7 Å². The first-order chi connectivity index (χ1) is 14.3. The van der Waals surface area contributed by atoms with Gasteiger partial charge in [-0.15, -0.1) is 0 Å². The molecule has 2 aromatic carbocycles. The summed E-state index contributed by atoms with van der Waals surface area (Å²) in [6, 6.07) is 13.7. The summed E-state index contributed by atoms with van der Waals surface area (Å²) in [6.07, 6.45) is 1.38. The van der Waals surface area contributed by atoms with Gasteiger partial charge in [-0.05, 0) is 68.7 Å². The summed E-state index contributed by atoms with van der Waals surface area (Å²) < 4.78 is 32.9. The lowest BCUT2D eigenvalue weighted by Gasteiger charge is -2.31. The van der Waals surface area contributed by atoms with E-state index in [0.717, 1.165) is 11.3 Å². The predicted octanol–water partition coefficient (Wildman–Crippen LogP) is 3.84. The summed E-state index contributed by atoms with van der Waals surface area (Å²) in [5, 5.41) is 3.41. The minimum Gasteiger partial charge on any atom is -0.491 e. The molecule has 0 bridgehead atoms. The largest absolute Gasteiger partial charge is 0.491 e. The van der Waals surface area contributed by atoms with E-state index < -0.39 is 10.0 Å². The Hall–Kier alpha value is -2.09. The fourth-order valence-corrected chi connectivity index (χ4v) is 5.11. The van der Waals surface area contributed by atoms with Gasteiger partial charge in [-0.2, -0.15) is 4.31 Å². The molecule has 6 nitrogen and oxygen atoms in total. The van der Waals surface area contributed by atoms with Gasteiger partial charge in [0.2, 0.25) is 15.9 Å². The molecule has 1 fully saturated rings.